The largest absolute Gasteiger partial charge is 0.468 e. The average molecular weight is 341 g/mol. The van der Waals surface area contributed by atoms with Gasteiger partial charge in [-0.3, -0.25) is 4.90 Å². The van der Waals surface area contributed by atoms with Crippen LogP contribution in [0.25, 0.3) is 0 Å². The van der Waals surface area contributed by atoms with Crippen LogP contribution in [-0.2, 0) is 6.54 Å². The van der Waals surface area contributed by atoms with E-state index in [9.17, 15) is 4.39 Å². The van der Waals surface area contributed by atoms with Gasteiger partial charge in [0.2, 0.25) is 0 Å². The van der Waals surface area contributed by atoms with Crippen molar-refractivity contribution in [2.24, 2.45) is 0 Å². The number of benzene rings is 1. The number of furan rings is 1. The molecule has 108 valence electrons. The molecule has 2 aromatic rings. The van der Waals surface area contributed by atoms with Gasteiger partial charge in [0, 0.05) is 23.1 Å². The summed E-state index contributed by atoms with van der Waals surface area (Å²) in [4.78, 5) is 2.07. The van der Waals surface area contributed by atoms with Crippen molar-refractivity contribution in [3.63, 3.8) is 0 Å². The average Bonchev–Trinajstić information content (AvgIpc) is 2.90. The molecule has 3 nitrogen and oxygen atoms in total. The maximum absolute atomic E-state index is 13.7. The molecule has 0 spiro atoms. The van der Waals surface area contributed by atoms with E-state index in [0.717, 1.165) is 10.2 Å². The summed E-state index contributed by atoms with van der Waals surface area (Å²) in [5.41, 5.74) is 0.658. The van der Waals surface area contributed by atoms with Gasteiger partial charge in [-0.05, 0) is 38.4 Å². The van der Waals surface area contributed by atoms with Crippen LogP contribution in [0.1, 0.15) is 17.4 Å². The Kier molecular flexibility index (Phi) is 5.34. The zero-order chi connectivity index (χ0) is 14.5. The lowest BCUT2D eigenvalue weighted by atomic mass is 10.2. The molecular formula is C15H18BrFN2O. The summed E-state index contributed by atoms with van der Waals surface area (Å²) in [5, 5.41) is 3.27. The van der Waals surface area contributed by atoms with E-state index in [1.165, 1.54) is 6.07 Å². The van der Waals surface area contributed by atoms with Gasteiger partial charge in [-0.25, -0.2) is 4.39 Å². The molecule has 1 atom stereocenters. The monoisotopic (exact) mass is 340 g/mol. The van der Waals surface area contributed by atoms with Crippen LogP contribution in [0, 0.1) is 5.82 Å². The van der Waals surface area contributed by atoms with Gasteiger partial charge in [0.25, 0.3) is 0 Å². The predicted molar refractivity (Wildman–Crippen MR) is 80.9 cm³/mol. The SMILES string of the molecule is CN(C)C(CNCc1ccc(Br)cc1F)c1ccco1. The second-order valence-electron chi connectivity index (χ2n) is 4.86. The Labute approximate surface area is 126 Å². The fourth-order valence-corrected chi connectivity index (χ4v) is 2.36. The van der Waals surface area contributed by atoms with Crippen molar-refractivity contribution in [2.45, 2.75) is 12.6 Å². The summed E-state index contributed by atoms with van der Waals surface area (Å²) in [7, 11) is 3.99. The molecule has 0 amide bonds. The van der Waals surface area contributed by atoms with Crippen LogP contribution in [0.3, 0.4) is 0 Å². The number of halogens is 2. The van der Waals surface area contributed by atoms with Crippen LogP contribution in [-0.4, -0.2) is 25.5 Å². The number of rotatable bonds is 6. The van der Waals surface area contributed by atoms with E-state index in [0.29, 0.717) is 18.7 Å². The van der Waals surface area contributed by atoms with E-state index in [2.05, 4.69) is 26.1 Å². The molecule has 2 rings (SSSR count). The lowest BCUT2D eigenvalue weighted by Gasteiger charge is -2.22. The van der Waals surface area contributed by atoms with Crippen molar-refractivity contribution >= 4 is 15.9 Å². The van der Waals surface area contributed by atoms with Crippen molar-refractivity contribution in [3.8, 4) is 0 Å². The first-order valence-electron chi connectivity index (χ1n) is 6.42. The Balaban J connectivity index is 1.94. The summed E-state index contributed by atoms with van der Waals surface area (Å²) < 4.78 is 19.9. The van der Waals surface area contributed by atoms with Crippen molar-refractivity contribution in [2.75, 3.05) is 20.6 Å². The Hall–Kier alpha value is -1.17. The Morgan fingerprint density at radius 3 is 2.75 bits per heavy atom. The van der Waals surface area contributed by atoms with Crippen molar-refractivity contribution in [3.05, 3.63) is 58.2 Å². The number of nitrogens with one attached hydrogen (secondary N) is 1. The summed E-state index contributed by atoms with van der Waals surface area (Å²) in [6.45, 7) is 1.18. The van der Waals surface area contributed by atoms with Crippen LogP contribution >= 0.6 is 15.9 Å². The van der Waals surface area contributed by atoms with Crippen LogP contribution < -0.4 is 5.32 Å². The number of hydrogen-bond acceptors (Lipinski definition) is 3. The van der Waals surface area contributed by atoms with E-state index >= 15 is 0 Å². The maximum Gasteiger partial charge on any atom is 0.128 e. The van der Waals surface area contributed by atoms with Gasteiger partial charge in [0.05, 0.1) is 12.3 Å². The lowest BCUT2D eigenvalue weighted by molar-refractivity contribution is 0.250. The first-order chi connectivity index (χ1) is 9.58. The van der Waals surface area contributed by atoms with Crippen molar-refractivity contribution < 1.29 is 8.81 Å². The molecule has 0 aliphatic rings. The quantitative estimate of drug-likeness (QED) is 0.871. The molecule has 1 heterocycles. The molecule has 1 aromatic heterocycles. The number of hydrogen-bond donors (Lipinski definition) is 1. The second kappa shape index (κ2) is 7.02. The van der Waals surface area contributed by atoms with E-state index < -0.39 is 0 Å². The Morgan fingerprint density at radius 2 is 2.15 bits per heavy atom. The third-order valence-electron chi connectivity index (χ3n) is 3.16. The topological polar surface area (TPSA) is 28.4 Å². The molecular weight excluding hydrogens is 323 g/mol. The van der Waals surface area contributed by atoms with E-state index in [4.69, 9.17) is 4.42 Å². The normalized spacial score (nSPS) is 12.8. The van der Waals surface area contributed by atoms with Gasteiger partial charge in [0.1, 0.15) is 11.6 Å². The van der Waals surface area contributed by atoms with Gasteiger partial charge in [-0.2, -0.15) is 0 Å². The van der Waals surface area contributed by atoms with Gasteiger partial charge in [-0.1, -0.05) is 22.0 Å². The lowest BCUT2D eigenvalue weighted by Crippen LogP contribution is -2.30. The summed E-state index contributed by atoms with van der Waals surface area (Å²) in [6, 6.07) is 9.06. The summed E-state index contributed by atoms with van der Waals surface area (Å²) in [5.74, 6) is 0.699. The highest BCUT2D eigenvalue weighted by Crippen LogP contribution is 2.18. The third-order valence-corrected chi connectivity index (χ3v) is 3.66. The molecule has 5 heteroatoms. The highest BCUT2D eigenvalue weighted by molar-refractivity contribution is 9.10. The molecule has 1 aromatic carbocycles. The first-order valence-corrected chi connectivity index (χ1v) is 7.21. The fourth-order valence-electron chi connectivity index (χ4n) is 2.03. The highest BCUT2D eigenvalue weighted by atomic mass is 79.9. The molecule has 1 N–H and O–H groups in total. The standard InChI is InChI=1S/C15H18BrFN2O/c1-19(2)14(15-4-3-7-20-15)10-18-9-11-5-6-12(16)8-13(11)17/h3-8,14,18H,9-10H2,1-2H3. The Morgan fingerprint density at radius 1 is 1.35 bits per heavy atom. The molecule has 0 bridgehead atoms. The summed E-state index contributed by atoms with van der Waals surface area (Å²) in [6.07, 6.45) is 1.67. The fraction of sp³-hybridized carbons (Fsp3) is 0.333. The zero-order valence-corrected chi connectivity index (χ0v) is 13.2. The minimum Gasteiger partial charge on any atom is -0.468 e. The van der Waals surface area contributed by atoms with Crippen LogP contribution in [0.2, 0.25) is 0 Å². The zero-order valence-electron chi connectivity index (χ0n) is 11.6. The molecule has 20 heavy (non-hydrogen) atoms. The van der Waals surface area contributed by atoms with E-state index in [1.807, 2.05) is 32.3 Å². The van der Waals surface area contributed by atoms with Crippen molar-refractivity contribution in [1.29, 1.82) is 0 Å². The smallest absolute Gasteiger partial charge is 0.128 e. The second-order valence-corrected chi connectivity index (χ2v) is 5.78. The predicted octanol–water partition coefficient (Wildman–Crippen LogP) is 3.57. The first kappa shape index (κ1) is 15.2. The van der Waals surface area contributed by atoms with Gasteiger partial charge in [0.15, 0.2) is 0 Å². The molecule has 0 aliphatic carbocycles. The number of nitrogens with zero attached hydrogens (tertiary/aromatic N) is 1. The molecule has 1 unspecified atom stereocenters. The molecule has 0 saturated carbocycles. The minimum absolute atomic E-state index is 0.128. The van der Waals surface area contributed by atoms with Crippen molar-refractivity contribution in [1.82, 2.24) is 10.2 Å². The van der Waals surface area contributed by atoms with E-state index in [-0.39, 0.29) is 11.9 Å². The molecule has 0 radical (unpaired) electrons. The highest BCUT2D eigenvalue weighted by Gasteiger charge is 2.16. The maximum atomic E-state index is 13.7. The molecule has 0 fully saturated rings. The molecule has 0 saturated heterocycles. The van der Waals surface area contributed by atoms with Gasteiger partial charge in [-0.15, -0.1) is 0 Å². The van der Waals surface area contributed by atoms with Gasteiger partial charge >= 0.3 is 0 Å². The third kappa shape index (κ3) is 3.91. The number of likely N-dealkylation sites (N-methyl/N-ethyl adjacent to an activating group) is 1. The minimum atomic E-state index is -0.203. The van der Waals surface area contributed by atoms with E-state index in [1.54, 1.807) is 12.3 Å². The van der Waals surface area contributed by atoms with Crippen LogP contribution in [0.15, 0.2) is 45.5 Å². The van der Waals surface area contributed by atoms with Crippen LogP contribution in [0.4, 0.5) is 4.39 Å². The molecule has 0 aliphatic heterocycles. The Bertz CT molecular complexity index is 543. The summed E-state index contributed by atoms with van der Waals surface area (Å²) >= 11 is 3.25. The van der Waals surface area contributed by atoms with Gasteiger partial charge < -0.3 is 9.73 Å². The van der Waals surface area contributed by atoms with Crippen LogP contribution in [0.5, 0.6) is 0 Å².